The van der Waals surface area contributed by atoms with Gasteiger partial charge in [0.2, 0.25) is 5.95 Å². The fourth-order valence-electron chi connectivity index (χ4n) is 2.58. The largest absolute Gasteiger partial charge is 0.379 e. The first-order chi connectivity index (χ1) is 11.2. The molecule has 4 rings (SSSR count). The van der Waals surface area contributed by atoms with E-state index in [-0.39, 0.29) is 11.6 Å². The quantitative estimate of drug-likeness (QED) is 0.788. The van der Waals surface area contributed by atoms with Crippen LogP contribution in [0.2, 0.25) is 0 Å². The molecule has 0 unspecified atom stereocenters. The molecule has 0 aliphatic carbocycles. The van der Waals surface area contributed by atoms with Gasteiger partial charge in [-0.3, -0.25) is 9.20 Å². The number of rotatable bonds is 3. The topological polar surface area (TPSA) is 81.4 Å². The van der Waals surface area contributed by atoms with Crippen LogP contribution in [-0.2, 0) is 4.74 Å². The monoisotopic (exact) mass is 329 g/mol. The van der Waals surface area contributed by atoms with Crippen LogP contribution in [0.1, 0.15) is 11.3 Å². The van der Waals surface area contributed by atoms with Crippen molar-refractivity contribution in [2.24, 2.45) is 0 Å². The van der Waals surface area contributed by atoms with Gasteiger partial charge in [0.15, 0.2) is 4.96 Å². The number of nitrogens with one attached hydrogen (secondary N) is 1. The predicted molar refractivity (Wildman–Crippen MR) is 87.9 cm³/mol. The van der Waals surface area contributed by atoms with E-state index in [9.17, 15) is 4.79 Å². The Hall–Kier alpha value is -2.32. The Morgan fingerprint density at radius 1 is 1.43 bits per heavy atom. The Balaban J connectivity index is 1.72. The Labute approximate surface area is 136 Å². The number of anilines is 1. The third-order valence-electron chi connectivity index (χ3n) is 3.72. The van der Waals surface area contributed by atoms with Crippen LogP contribution in [0.5, 0.6) is 0 Å². The van der Waals surface area contributed by atoms with Crippen molar-refractivity contribution >= 4 is 22.2 Å². The van der Waals surface area contributed by atoms with Crippen molar-refractivity contribution in [2.75, 3.05) is 18.5 Å². The molecule has 8 heteroatoms. The van der Waals surface area contributed by atoms with Crippen LogP contribution < -0.4 is 10.9 Å². The number of thiazole rings is 1. The molecule has 0 saturated carbocycles. The summed E-state index contributed by atoms with van der Waals surface area (Å²) in [5.74, 6) is 0.504. The highest BCUT2D eigenvalue weighted by Gasteiger charge is 2.17. The zero-order valence-electron chi connectivity index (χ0n) is 12.5. The molecule has 1 saturated heterocycles. The average Bonchev–Trinajstić information content (AvgIpc) is 3.17. The number of aryl methyl sites for hydroxylation is 1. The van der Waals surface area contributed by atoms with Crippen molar-refractivity contribution in [2.45, 2.75) is 19.4 Å². The van der Waals surface area contributed by atoms with Gasteiger partial charge in [-0.05, 0) is 19.4 Å². The first-order valence-corrected chi connectivity index (χ1v) is 8.18. The normalized spacial score (nSPS) is 17.7. The Morgan fingerprint density at radius 3 is 3.17 bits per heavy atom. The minimum absolute atomic E-state index is 0.117. The van der Waals surface area contributed by atoms with Gasteiger partial charge in [-0.1, -0.05) is 0 Å². The van der Waals surface area contributed by atoms with E-state index in [1.165, 1.54) is 11.3 Å². The number of fused-ring (bicyclic) bond motifs is 1. The number of nitrogens with zero attached hydrogens (tertiary/aromatic N) is 4. The van der Waals surface area contributed by atoms with E-state index in [4.69, 9.17) is 4.74 Å². The van der Waals surface area contributed by atoms with Gasteiger partial charge in [0, 0.05) is 30.1 Å². The molecule has 1 atom stereocenters. The van der Waals surface area contributed by atoms with Crippen LogP contribution >= 0.6 is 11.3 Å². The highest BCUT2D eigenvalue weighted by Crippen LogP contribution is 2.18. The molecule has 0 spiro atoms. The first kappa shape index (κ1) is 14.3. The second-order valence-electron chi connectivity index (χ2n) is 5.44. The smallest absolute Gasteiger partial charge is 0.267 e. The van der Waals surface area contributed by atoms with Crippen molar-refractivity contribution in [1.82, 2.24) is 19.4 Å². The van der Waals surface area contributed by atoms with Crippen LogP contribution in [0, 0.1) is 6.92 Å². The van der Waals surface area contributed by atoms with Gasteiger partial charge >= 0.3 is 0 Å². The van der Waals surface area contributed by atoms with Crippen molar-refractivity contribution < 1.29 is 4.74 Å². The number of hydrogen-bond acceptors (Lipinski definition) is 7. The SMILES string of the molecule is Cc1cn2c(=O)c(-c3ccnc(N[C@@H]4CCOC4)n3)cnc2s1. The summed E-state index contributed by atoms with van der Waals surface area (Å²) in [5, 5.41) is 3.24. The van der Waals surface area contributed by atoms with Crippen molar-refractivity contribution in [3.8, 4) is 11.3 Å². The predicted octanol–water partition coefficient (Wildman–Crippen LogP) is 1.72. The molecular formula is C15H15N5O2S. The highest BCUT2D eigenvalue weighted by atomic mass is 32.1. The molecule has 0 amide bonds. The van der Waals surface area contributed by atoms with E-state index in [2.05, 4.69) is 20.3 Å². The fourth-order valence-corrected chi connectivity index (χ4v) is 3.37. The highest BCUT2D eigenvalue weighted by molar-refractivity contribution is 7.16. The van der Waals surface area contributed by atoms with Crippen molar-refractivity contribution in [1.29, 1.82) is 0 Å². The summed E-state index contributed by atoms with van der Waals surface area (Å²) < 4.78 is 6.90. The van der Waals surface area contributed by atoms with Crippen molar-refractivity contribution in [3.63, 3.8) is 0 Å². The summed E-state index contributed by atoms with van der Waals surface area (Å²) in [6.07, 6.45) is 5.96. The fraction of sp³-hybridized carbons (Fsp3) is 0.333. The third-order valence-corrected chi connectivity index (χ3v) is 4.63. The molecule has 7 nitrogen and oxygen atoms in total. The lowest BCUT2D eigenvalue weighted by Crippen LogP contribution is -2.21. The van der Waals surface area contributed by atoms with Crippen LogP contribution in [0.4, 0.5) is 5.95 Å². The summed E-state index contributed by atoms with van der Waals surface area (Å²) in [7, 11) is 0. The lowest BCUT2D eigenvalue weighted by atomic mass is 10.2. The van der Waals surface area contributed by atoms with Crippen molar-refractivity contribution in [3.05, 3.63) is 39.9 Å². The summed E-state index contributed by atoms with van der Waals surface area (Å²) in [6.45, 7) is 3.35. The summed E-state index contributed by atoms with van der Waals surface area (Å²) in [5.41, 5.74) is 0.916. The Morgan fingerprint density at radius 2 is 2.35 bits per heavy atom. The van der Waals surface area contributed by atoms with Crippen LogP contribution in [0.15, 0.2) is 29.5 Å². The molecule has 0 radical (unpaired) electrons. The second-order valence-corrected chi connectivity index (χ2v) is 6.65. The molecule has 0 aromatic carbocycles. The standard InChI is InChI=1S/C15H15N5O2S/c1-9-7-20-13(21)11(6-17-15(20)23-9)12-2-4-16-14(19-12)18-10-3-5-22-8-10/h2,4,6-7,10H,3,5,8H2,1H3,(H,16,18,19)/t10-/m1/s1. The van der Waals surface area contributed by atoms with Gasteiger partial charge in [-0.15, -0.1) is 11.3 Å². The van der Waals surface area contributed by atoms with E-state index in [1.807, 2.05) is 6.92 Å². The average molecular weight is 329 g/mol. The van der Waals surface area contributed by atoms with Gasteiger partial charge in [0.05, 0.1) is 23.9 Å². The maximum Gasteiger partial charge on any atom is 0.267 e. The van der Waals surface area contributed by atoms with Crippen LogP contribution in [0.25, 0.3) is 16.2 Å². The lowest BCUT2D eigenvalue weighted by molar-refractivity contribution is 0.195. The van der Waals surface area contributed by atoms with Crippen LogP contribution in [-0.4, -0.2) is 38.6 Å². The molecule has 1 N–H and O–H groups in total. The summed E-state index contributed by atoms with van der Waals surface area (Å²) in [6, 6.07) is 1.94. The number of aromatic nitrogens is 4. The summed E-state index contributed by atoms with van der Waals surface area (Å²) in [4.78, 5) is 27.4. The molecule has 118 valence electrons. The Kier molecular flexibility index (Phi) is 3.55. The molecule has 1 aliphatic heterocycles. The van der Waals surface area contributed by atoms with E-state index in [0.29, 0.717) is 28.8 Å². The summed E-state index contributed by atoms with van der Waals surface area (Å²) >= 11 is 1.49. The van der Waals surface area contributed by atoms with Crippen LogP contribution in [0.3, 0.4) is 0 Å². The lowest BCUT2D eigenvalue weighted by Gasteiger charge is -2.10. The maximum absolute atomic E-state index is 12.6. The second kappa shape index (κ2) is 5.71. The zero-order chi connectivity index (χ0) is 15.8. The molecule has 23 heavy (non-hydrogen) atoms. The molecule has 3 aromatic heterocycles. The van der Waals surface area contributed by atoms with E-state index in [0.717, 1.165) is 17.9 Å². The molecule has 3 aromatic rings. The van der Waals surface area contributed by atoms with Gasteiger partial charge in [0.1, 0.15) is 0 Å². The van der Waals surface area contributed by atoms with Gasteiger partial charge in [0.25, 0.3) is 5.56 Å². The van der Waals surface area contributed by atoms with Gasteiger partial charge < -0.3 is 10.1 Å². The van der Waals surface area contributed by atoms with E-state index in [1.54, 1.807) is 29.1 Å². The minimum Gasteiger partial charge on any atom is -0.379 e. The molecule has 4 heterocycles. The molecule has 1 fully saturated rings. The molecule has 1 aliphatic rings. The molecular weight excluding hydrogens is 314 g/mol. The van der Waals surface area contributed by atoms with Gasteiger partial charge in [-0.2, -0.15) is 0 Å². The zero-order valence-corrected chi connectivity index (χ0v) is 13.3. The van der Waals surface area contributed by atoms with E-state index >= 15 is 0 Å². The Bertz CT molecular complexity index is 914. The molecule has 0 bridgehead atoms. The van der Waals surface area contributed by atoms with E-state index < -0.39 is 0 Å². The third kappa shape index (κ3) is 2.71. The minimum atomic E-state index is -0.117. The number of hydrogen-bond donors (Lipinski definition) is 1. The first-order valence-electron chi connectivity index (χ1n) is 7.36. The number of ether oxygens (including phenoxy) is 1. The maximum atomic E-state index is 12.6. The van der Waals surface area contributed by atoms with Gasteiger partial charge in [-0.25, -0.2) is 15.0 Å².